The Kier molecular flexibility index (Phi) is 4.48. The van der Waals surface area contributed by atoms with E-state index in [1.807, 2.05) is 12.1 Å². The minimum absolute atomic E-state index is 0.401. The van der Waals surface area contributed by atoms with Crippen molar-refractivity contribution in [2.45, 2.75) is 19.4 Å². The van der Waals surface area contributed by atoms with Crippen molar-refractivity contribution < 1.29 is 0 Å². The van der Waals surface area contributed by atoms with Crippen molar-refractivity contribution in [3.63, 3.8) is 0 Å². The Morgan fingerprint density at radius 3 is 1.67 bits per heavy atom. The van der Waals surface area contributed by atoms with Crippen LogP contribution >= 0.6 is 0 Å². The lowest BCUT2D eigenvalue weighted by Crippen LogP contribution is -2.06. The molecule has 0 spiro atoms. The van der Waals surface area contributed by atoms with Gasteiger partial charge in [0.15, 0.2) is 9.68 Å². The fourth-order valence-electron chi connectivity index (χ4n) is 1.82. The van der Waals surface area contributed by atoms with Crippen LogP contribution in [0, 0.1) is 0 Å². The third kappa shape index (κ3) is 3.41. The van der Waals surface area contributed by atoms with Gasteiger partial charge in [0.2, 0.25) is 0 Å². The van der Waals surface area contributed by atoms with E-state index in [1.54, 1.807) is 0 Å². The van der Waals surface area contributed by atoms with Crippen molar-refractivity contribution in [2.24, 2.45) is 4.66 Å². The zero-order chi connectivity index (χ0) is 12.8. The third-order valence-electron chi connectivity index (χ3n) is 2.71. The smallest absolute Gasteiger partial charge is 0.153 e. The molecule has 2 heteroatoms. The van der Waals surface area contributed by atoms with E-state index in [0.29, 0.717) is 5.54 Å². The summed E-state index contributed by atoms with van der Waals surface area (Å²) in [4.78, 5) is 0. The van der Waals surface area contributed by atoms with Gasteiger partial charge in [0.05, 0.1) is 5.71 Å². The molecule has 0 saturated carbocycles. The van der Waals surface area contributed by atoms with Gasteiger partial charge >= 0.3 is 0 Å². The first-order valence-corrected chi connectivity index (χ1v) is 7.87. The van der Waals surface area contributed by atoms with Gasteiger partial charge in [-0.2, -0.15) is 0 Å². The molecule has 0 unspecified atom stereocenters. The van der Waals surface area contributed by atoms with Gasteiger partial charge < -0.3 is 4.66 Å². The molecule has 0 bridgehead atoms. The summed E-state index contributed by atoms with van der Waals surface area (Å²) in [6.07, 6.45) is 0. The molecule has 0 saturated heterocycles. The van der Waals surface area contributed by atoms with Crippen LogP contribution in [0.1, 0.15) is 25.0 Å². The highest BCUT2D eigenvalue weighted by Gasteiger charge is 2.05. The van der Waals surface area contributed by atoms with Crippen LogP contribution in [0.3, 0.4) is 0 Å². The maximum Gasteiger partial charge on any atom is 0.153 e. The molecule has 0 radical (unpaired) electrons. The predicted octanol–water partition coefficient (Wildman–Crippen LogP) is 3.44. The van der Waals surface area contributed by atoms with E-state index >= 15 is 0 Å². The van der Waals surface area contributed by atoms with Crippen LogP contribution in [-0.4, -0.2) is 15.4 Å². The monoisotopic (exact) mass is 253 g/mol. The Morgan fingerprint density at radius 2 is 1.28 bits per heavy atom. The average Bonchev–Trinajstić information content (AvgIpc) is 2.41. The highest BCUT2D eigenvalue weighted by Crippen LogP contribution is 2.11. The quantitative estimate of drug-likeness (QED) is 0.585. The molecule has 2 aromatic carbocycles. The van der Waals surface area contributed by atoms with Crippen LogP contribution in [0.4, 0.5) is 0 Å². The summed E-state index contributed by atoms with van der Waals surface area (Å²) in [5.41, 5.74) is 4.30. The summed E-state index contributed by atoms with van der Waals surface area (Å²) in [6.45, 7) is 4.51. The van der Waals surface area contributed by atoms with Gasteiger partial charge in [-0.05, 0) is 16.7 Å². The van der Waals surface area contributed by atoms with Crippen molar-refractivity contribution in [2.75, 3.05) is 0 Å². The zero-order valence-electron chi connectivity index (χ0n) is 11.0. The fourth-order valence-corrected chi connectivity index (χ4v) is 2.73. The lowest BCUT2D eigenvalue weighted by atomic mass is 10.0. The van der Waals surface area contributed by atoms with Gasteiger partial charge in [-0.25, -0.2) is 0 Å². The summed E-state index contributed by atoms with van der Waals surface area (Å²) >= 11 is 0. The van der Waals surface area contributed by atoms with E-state index in [2.05, 4.69) is 62.4 Å². The number of nitrogens with zero attached hydrogens (tertiary/aromatic N) is 1. The minimum atomic E-state index is -0.401. The number of hydrogen-bond donors (Lipinski definition) is 0. The fraction of sp³-hybridized carbons (Fsp3) is 0.188. The number of benzene rings is 2. The van der Waals surface area contributed by atoms with Crippen LogP contribution in [0.2, 0.25) is 5.54 Å². The molecule has 0 heterocycles. The Labute approximate surface area is 111 Å². The second-order valence-electron chi connectivity index (χ2n) is 4.82. The van der Waals surface area contributed by atoms with Crippen molar-refractivity contribution in [1.82, 2.24) is 0 Å². The summed E-state index contributed by atoms with van der Waals surface area (Å²) in [6, 6.07) is 20.9. The summed E-state index contributed by atoms with van der Waals surface area (Å²) in [5.74, 6) is 0. The van der Waals surface area contributed by atoms with E-state index < -0.39 is 9.68 Å². The van der Waals surface area contributed by atoms with Crippen molar-refractivity contribution in [1.29, 1.82) is 0 Å². The number of hydrogen-bond acceptors (Lipinski definition) is 1. The van der Waals surface area contributed by atoms with Gasteiger partial charge in [-0.15, -0.1) is 0 Å². The predicted molar refractivity (Wildman–Crippen MR) is 82.2 cm³/mol. The molecular formula is C16H19NSi. The molecule has 1 nitrogen and oxygen atoms in total. The topological polar surface area (TPSA) is 12.4 Å². The Morgan fingerprint density at radius 1 is 0.833 bits per heavy atom. The standard InChI is InChI=1S/C16H19NSi/c1-13(2)18-17-16(14-9-5-3-6-10-14)15-11-7-4-8-12-15/h3-13H,18H2,1-2H3. The van der Waals surface area contributed by atoms with Gasteiger partial charge in [0, 0.05) is 0 Å². The van der Waals surface area contributed by atoms with Crippen LogP contribution in [0.15, 0.2) is 65.3 Å². The van der Waals surface area contributed by atoms with E-state index in [1.165, 1.54) is 11.1 Å². The van der Waals surface area contributed by atoms with Crippen LogP contribution < -0.4 is 0 Å². The second kappa shape index (κ2) is 6.31. The average molecular weight is 253 g/mol. The molecule has 2 rings (SSSR count). The van der Waals surface area contributed by atoms with E-state index in [9.17, 15) is 0 Å². The molecule has 0 atom stereocenters. The Hall–Kier alpha value is -1.67. The largest absolute Gasteiger partial charge is 0.328 e. The van der Waals surface area contributed by atoms with Crippen LogP contribution in [-0.2, 0) is 0 Å². The molecule has 18 heavy (non-hydrogen) atoms. The third-order valence-corrected chi connectivity index (χ3v) is 3.94. The molecule has 0 fully saturated rings. The molecule has 0 N–H and O–H groups in total. The zero-order valence-corrected chi connectivity index (χ0v) is 12.4. The lowest BCUT2D eigenvalue weighted by Gasteiger charge is -2.08. The number of rotatable bonds is 4. The summed E-state index contributed by atoms with van der Waals surface area (Å²) in [7, 11) is -0.401. The van der Waals surface area contributed by atoms with Crippen molar-refractivity contribution >= 4 is 15.4 Å². The maximum atomic E-state index is 4.92. The highest BCUT2D eigenvalue weighted by molar-refractivity contribution is 6.40. The second-order valence-corrected chi connectivity index (χ2v) is 7.13. The lowest BCUT2D eigenvalue weighted by molar-refractivity contribution is 1.05. The summed E-state index contributed by atoms with van der Waals surface area (Å²) in [5, 5.41) is 0. The molecule has 0 aromatic heterocycles. The molecule has 2 aromatic rings. The van der Waals surface area contributed by atoms with Crippen molar-refractivity contribution in [3.8, 4) is 0 Å². The van der Waals surface area contributed by atoms with Crippen LogP contribution in [0.25, 0.3) is 0 Å². The molecule has 0 aliphatic rings. The minimum Gasteiger partial charge on any atom is -0.328 e. The van der Waals surface area contributed by atoms with Gasteiger partial charge in [-0.1, -0.05) is 74.5 Å². The Balaban J connectivity index is 2.39. The van der Waals surface area contributed by atoms with Gasteiger partial charge in [0.1, 0.15) is 0 Å². The van der Waals surface area contributed by atoms with Gasteiger partial charge in [0.25, 0.3) is 0 Å². The Bertz CT molecular complexity index is 462. The molecule has 0 aliphatic heterocycles. The maximum absolute atomic E-state index is 4.92. The molecule has 92 valence electrons. The molecule has 0 aliphatic carbocycles. The van der Waals surface area contributed by atoms with E-state index in [-0.39, 0.29) is 0 Å². The van der Waals surface area contributed by atoms with Crippen molar-refractivity contribution in [3.05, 3.63) is 71.8 Å². The van der Waals surface area contributed by atoms with E-state index in [4.69, 9.17) is 4.66 Å². The first-order valence-electron chi connectivity index (χ1n) is 6.42. The summed E-state index contributed by atoms with van der Waals surface area (Å²) < 4.78 is 4.92. The van der Waals surface area contributed by atoms with Gasteiger partial charge in [-0.3, -0.25) is 0 Å². The van der Waals surface area contributed by atoms with Crippen LogP contribution in [0.5, 0.6) is 0 Å². The molecule has 0 amide bonds. The molecular weight excluding hydrogens is 234 g/mol. The normalized spacial score (nSPS) is 11.1. The first kappa shape index (κ1) is 12.8. The SMILES string of the molecule is CC(C)[SiH2]N=C(c1ccccc1)c1ccccc1. The van der Waals surface area contributed by atoms with E-state index in [0.717, 1.165) is 5.71 Å². The highest BCUT2D eigenvalue weighted by atomic mass is 28.2. The first-order chi connectivity index (χ1) is 8.77.